The van der Waals surface area contributed by atoms with Crippen molar-refractivity contribution < 1.29 is 9.53 Å². The van der Waals surface area contributed by atoms with E-state index in [9.17, 15) is 9.59 Å². The minimum atomic E-state index is -0.229. The van der Waals surface area contributed by atoms with Gasteiger partial charge in [0.05, 0.1) is 12.8 Å². The topological polar surface area (TPSA) is 61.2 Å². The van der Waals surface area contributed by atoms with E-state index in [1.54, 1.807) is 13.1 Å². The van der Waals surface area contributed by atoms with Crippen LogP contribution in [0.15, 0.2) is 17.1 Å². The van der Waals surface area contributed by atoms with Crippen LogP contribution in [0.1, 0.15) is 12.0 Å². The van der Waals surface area contributed by atoms with Gasteiger partial charge in [0.2, 0.25) is 0 Å². The van der Waals surface area contributed by atoms with Gasteiger partial charge in [-0.25, -0.2) is 4.68 Å². The van der Waals surface area contributed by atoms with E-state index in [0.717, 1.165) is 12.0 Å². The molecule has 0 spiro atoms. The molecule has 1 aliphatic heterocycles. The van der Waals surface area contributed by atoms with Crippen LogP contribution in [0.2, 0.25) is 0 Å². The van der Waals surface area contributed by atoms with Crippen LogP contribution in [0.4, 0.5) is 0 Å². The van der Waals surface area contributed by atoms with E-state index in [1.807, 2.05) is 0 Å². The van der Waals surface area contributed by atoms with Crippen molar-refractivity contribution in [2.24, 2.45) is 5.92 Å². The zero-order chi connectivity index (χ0) is 11.5. The Hall–Kier alpha value is -1.49. The second-order valence-electron chi connectivity index (χ2n) is 4.06. The Kier molecular flexibility index (Phi) is 3.14. The molecule has 1 aromatic rings. The van der Waals surface area contributed by atoms with Gasteiger partial charge < -0.3 is 4.74 Å². The number of carbonyl (C=O) groups is 1. The average Bonchev–Trinajstić information content (AvgIpc) is 2.75. The normalized spacial score (nSPS) is 19.9. The summed E-state index contributed by atoms with van der Waals surface area (Å²) in [5.74, 6) is -0.0500. The third-order valence-electron chi connectivity index (χ3n) is 2.70. The van der Waals surface area contributed by atoms with Crippen LogP contribution in [0.3, 0.4) is 0 Å². The van der Waals surface area contributed by atoms with E-state index < -0.39 is 0 Å². The first-order valence-corrected chi connectivity index (χ1v) is 5.31. The molecule has 86 valence electrons. The Morgan fingerprint density at radius 3 is 3.12 bits per heavy atom. The Labute approximate surface area is 93.0 Å². The number of aryl methyl sites for hydroxylation is 1. The number of hydrogen-bond acceptors (Lipinski definition) is 4. The average molecular weight is 222 g/mol. The molecule has 0 radical (unpaired) electrons. The van der Waals surface area contributed by atoms with Gasteiger partial charge in [-0.15, -0.1) is 0 Å². The molecule has 0 saturated carbocycles. The van der Waals surface area contributed by atoms with Crippen molar-refractivity contribution >= 4 is 5.78 Å². The van der Waals surface area contributed by atoms with Gasteiger partial charge in [-0.2, -0.15) is 5.10 Å². The van der Waals surface area contributed by atoms with Crippen LogP contribution in [0.25, 0.3) is 0 Å². The zero-order valence-electron chi connectivity index (χ0n) is 9.18. The fourth-order valence-electron chi connectivity index (χ4n) is 1.71. The molecule has 5 heteroatoms. The summed E-state index contributed by atoms with van der Waals surface area (Å²) in [4.78, 5) is 23.3. The van der Waals surface area contributed by atoms with Gasteiger partial charge in [-0.3, -0.25) is 9.59 Å². The summed E-state index contributed by atoms with van der Waals surface area (Å²) in [5, 5.41) is 3.93. The van der Waals surface area contributed by atoms with Gasteiger partial charge in [-0.1, -0.05) is 0 Å². The molecular weight excluding hydrogens is 208 g/mol. The van der Waals surface area contributed by atoms with E-state index in [2.05, 4.69) is 5.10 Å². The second kappa shape index (κ2) is 4.57. The number of aromatic nitrogens is 2. The van der Waals surface area contributed by atoms with Crippen molar-refractivity contribution in [3.8, 4) is 0 Å². The molecule has 16 heavy (non-hydrogen) atoms. The summed E-state index contributed by atoms with van der Waals surface area (Å²) in [6.45, 7) is 2.95. The van der Waals surface area contributed by atoms with E-state index >= 15 is 0 Å². The lowest BCUT2D eigenvalue weighted by Gasteiger charge is -2.07. The number of Topliss-reactive ketones (excluding diaryl/α,β-unsaturated/α-hetero) is 1. The van der Waals surface area contributed by atoms with E-state index in [0.29, 0.717) is 13.2 Å². The fraction of sp³-hybridized carbons (Fsp3) is 0.545. The summed E-state index contributed by atoms with van der Waals surface area (Å²) in [6.07, 6.45) is 2.33. The predicted octanol–water partition coefficient (Wildman–Crippen LogP) is 0.157. The van der Waals surface area contributed by atoms with Crippen LogP contribution in [-0.2, 0) is 16.1 Å². The number of ketones is 1. The molecule has 0 N–H and O–H groups in total. The molecule has 2 heterocycles. The number of nitrogens with zero attached hydrogens (tertiary/aromatic N) is 2. The fourth-order valence-corrected chi connectivity index (χ4v) is 1.71. The third-order valence-corrected chi connectivity index (χ3v) is 2.70. The molecule has 1 fully saturated rings. The monoisotopic (exact) mass is 222 g/mol. The van der Waals surface area contributed by atoms with Gasteiger partial charge in [0.25, 0.3) is 5.56 Å². The highest BCUT2D eigenvalue weighted by molar-refractivity contribution is 5.81. The van der Waals surface area contributed by atoms with Gasteiger partial charge in [0, 0.05) is 18.6 Å². The van der Waals surface area contributed by atoms with Crippen LogP contribution in [0.5, 0.6) is 0 Å². The number of carbonyl (C=O) groups excluding carboxylic acids is 1. The summed E-state index contributed by atoms with van der Waals surface area (Å²) < 4.78 is 6.34. The first-order valence-electron chi connectivity index (χ1n) is 5.31. The third kappa shape index (κ3) is 2.36. The highest BCUT2D eigenvalue weighted by Crippen LogP contribution is 2.13. The maximum atomic E-state index is 11.8. The van der Waals surface area contributed by atoms with Gasteiger partial charge in [0.15, 0.2) is 5.78 Å². The molecule has 5 nitrogen and oxygen atoms in total. The summed E-state index contributed by atoms with van der Waals surface area (Å²) in [5.41, 5.74) is 0.574. The lowest BCUT2D eigenvalue weighted by Crippen LogP contribution is -2.29. The number of ether oxygens (including phenoxy) is 1. The maximum absolute atomic E-state index is 11.8. The molecule has 0 amide bonds. The van der Waals surface area contributed by atoms with Crippen LogP contribution >= 0.6 is 0 Å². The molecule has 1 aliphatic rings. The molecule has 0 aromatic carbocycles. The van der Waals surface area contributed by atoms with Crippen LogP contribution in [0, 0.1) is 12.8 Å². The Bertz CT molecular complexity index is 447. The van der Waals surface area contributed by atoms with Crippen LogP contribution < -0.4 is 5.56 Å². The first kappa shape index (κ1) is 11.0. The Morgan fingerprint density at radius 1 is 1.69 bits per heavy atom. The quantitative estimate of drug-likeness (QED) is 0.730. The number of hydrogen-bond donors (Lipinski definition) is 0. The molecule has 1 atom stereocenters. The molecule has 2 rings (SSSR count). The second-order valence-corrected chi connectivity index (χ2v) is 4.06. The Balaban J connectivity index is 2.08. The Morgan fingerprint density at radius 2 is 2.50 bits per heavy atom. The lowest BCUT2D eigenvalue weighted by atomic mass is 10.0. The minimum Gasteiger partial charge on any atom is -0.381 e. The van der Waals surface area contributed by atoms with Crippen molar-refractivity contribution in [2.45, 2.75) is 19.9 Å². The molecule has 0 aliphatic carbocycles. The molecule has 0 bridgehead atoms. The van der Waals surface area contributed by atoms with E-state index in [1.165, 1.54) is 10.7 Å². The number of rotatable bonds is 3. The SMILES string of the molecule is Cc1cnn(CC(=O)C2CCOC2)c(=O)c1. The van der Waals surface area contributed by atoms with E-state index in [-0.39, 0.29) is 23.8 Å². The first-order chi connectivity index (χ1) is 7.66. The standard InChI is InChI=1S/C11H14N2O3/c1-8-4-11(15)13(12-5-8)6-10(14)9-2-3-16-7-9/h4-5,9H,2-3,6-7H2,1H3. The molecule has 1 saturated heterocycles. The molecular formula is C11H14N2O3. The van der Waals surface area contributed by atoms with Crippen molar-refractivity contribution in [3.05, 3.63) is 28.2 Å². The minimum absolute atomic E-state index is 0.0240. The maximum Gasteiger partial charge on any atom is 0.267 e. The van der Waals surface area contributed by atoms with Crippen molar-refractivity contribution in [1.29, 1.82) is 0 Å². The summed E-state index contributed by atoms with van der Waals surface area (Å²) >= 11 is 0. The van der Waals surface area contributed by atoms with Crippen molar-refractivity contribution in [1.82, 2.24) is 9.78 Å². The summed E-state index contributed by atoms with van der Waals surface area (Å²) in [7, 11) is 0. The predicted molar refractivity (Wildman–Crippen MR) is 57.2 cm³/mol. The van der Waals surface area contributed by atoms with Crippen molar-refractivity contribution in [3.63, 3.8) is 0 Å². The summed E-state index contributed by atoms with van der Waals surface area (Å²) in [6, 6.07) is 1.48. The molecule has 1 aromatic heterocycles. The molecule has 1 unspecified atom stereocenters. The smallest absolute Gasteiger partial charge is 0.267 e. The van der Waals surface area contributed by atoms with Gasteiger partial charge >= 0.3 is 0 Å². The van der Waals surface area contributed by atoms with Crippen molar-refractivity contribution in [2.75, 3.05) is 13.2 Å². The largest absolute Gasteiger partial charge is 0.381 e. The lowest BCUT2D eigenvalue weighted by molar-refractivity contribution is -0.123. The van der Waals surface area contributed by atoms with E-state index in [4.69, 9.17) is 4.74 Å². The van der Waals surface area contributed by atoms with Crippen LogP contribution in [-0.4, -0.2) is 28.8 Å². The highest BCUT2D eigenvalue weighted by Gasteiger charge is 2.23. The zero-order valence-corrected chi connectivity index (χ0v) is 9.18. The van der Waals surface area contributed by atoms with Gasteiger partial charge in [-0.05, 0) is 18.9 Å². The van der Waals surface area contributed by atoms with Gasteiger partial charge in [0.1, 0.15) is 6.54 Å². The highest BCUT2D eigenvalue weighted by atomic mass is 16.5.